The molecule has 1 aliphatic rings. The summed E-state index contributed by atoms with van der Waals surface area (Å²) in [5.41, 5.74) is 0.662. The number of pyridine rings is 1. The average molecular weight is 329 g/mol. The van der Waals surface area contributed by atoms with Crippen molar-refractivity contribution >= 4 is 15.9 Å². The summed E-state index contributed by atoms with van der Waals surface area (Å²) in [6.45, 7) is 4.73. The number of ether oxygens (including phenoxy) is 1. The third kappa shape index (κ3) is 4.16. The van der Waals surface area contributed by atoms with Crippen molar-refractivity contribution in [1.29, 1.82) is 0 Å². The van der Waals surface area contributed by atoms with Gasteiger partial charge in [-0.2, -0.15) is 0 Å². The highest BCUT2D eigenvalue weighted by Crippen LogP contribution is 2.25. The molecule has 0 bridgehead atoms. The maximum atomic E-state index is 10.1. The molecule has 106 valence electrons. The minimum Gasteiger partial charge on any atom is -0.481 e. The largest absolute Gasteiger partial charge is 0.481 e. The van der Waals surface area contributed by atoms with Gasteiger partial charge in [-0.1, -0.05) is 0 Å². The first kappa shape index (κ1) is 14.8. The zero-order valence-corrected chi connectivity index (χ0v) is 13.1. The van der Waals surface area contributed by atoms with Crippen LogP contribution in [0.4, 0.5) is 0 Å². The summed E-state index contributed by atoms with van der Waals surface area (Å²) in [6.07, 6.45) is 4.52. The van der Waals surface area contributed by atoms with E-state index in [1.165, 1.54) is 5.56 Å². The highest BCUT2D eigenvalue weighted by atomic mass is 79.9. The van der Waals surface area contributed by atoms with E-state index >= 15 is 0 Å². The van der Waals surface area contributed by atoms with Crippen molar-refractivity contribution in [1.82, 2.24) is 9.88 Å². The minimum atomic E-state index is -0.512. The Bertz CT molecular complexity index is 437. The minimum absolute atomic E-state index is 0.512. The fraction of sp³-hybridized carbons (Fsp3) is 0.643. The van der Waals surface area contributed by atoms with Gasteiger partial charge in [0, 0.05) is 29.8 Å². The summed E-state index contributed by atoms with van der Waals surface area (Å²) >= 11 is 3.53. The van der Waals surface area contributed by atoms with Gasteiger partial charge in [0.1, 0.15) is 0 Å². The first-order valence-corrected chi connectivity index (χ1v) is 7.43. The van der Waals surface area contributed by atoms with E-state index in [1.54, 1.807) is 13.3 Å². The van der Waals surface area contributed by atoms with E-state index in [0.29, 0.717) is 5.88 Å². The molecule has 0 radical (unpaired) electrons. The zero-order valence-electron chi connectivity index (χ0n) is 11.5. The van der Waals surface area contributed by atoms with Gasteiger partial charge >= 0.3 is 0 Å². The summed E-state index contributed by atoms with van der Waals surface area (Å²) in [5, 5.41) is 10.1. The number of rotatable bonds is 3. The molecule has 0 saturated carbocycles. The van der Waals surface area contributed by atoms with Crippen LogP contribution in [0.15, 0.2) is 16.7 Å². The van der Waals surface area contributed by atoms with Crippen LogP contribution in [-0.2, 0) is 6.54 Å². The second kappa shape index (κ2) is 6.20. The average Bonchev–Trinajstić information content (AvgIpc) is 2.54. The highest BCUT2D eigenvalue weighted by Gasteiger charge is 2.25. The third-order valence-corrected chi connectivity index (χ3v) is 4.38. The number of aromatic nitrogens is 1. The van der Waals surface area contributed by atoms with E-state index in [1.807, 2.05) is 13.0 Å². The molecule has 1 N–H and O–H groups in total. The van der Waals surface area contributed by atoms with Crippen LogP contribution in [-0.4, -0.2) is 40.8 Å². The maximum absolute atomic E-state index is 10.1. The smallest absolute Gasteiger partial charge is 0.213 e. The fourth-order valence-electron chi connectivity index (χ4n) is 2.41. The molecular weight excluding hydrogens is 308 g/mol. The lowest BCUT2D eigenvalue weighted by Crippen LogP contribution is -2.28. The summed E-state index contributed by atoms with van der Waals surface area (Å²) < 4.78 is 6.17. The number of hydrogen-bond acceptors (Lipinski definition) is 4. The lowest BCUT2D eigenvalue weighted by Gasteiger charge is -2.22. The van der Waals surface area contributed by atoms with Crippen LogP contribution in [0, 0.1) is 0 Å². The molecule has 5 heteroatoms. The fourth-order valence-corrected chi connectivity index (χ4v) is 2.75. The number of likely N-dealkylation sites (tertiary alicyclic amines) is 1. The molecule has 0 aromatic carbocycles. The van der Waals surface area contributed by atoms with Gasteiger partial charge in [0.2, 0.25) is 5.88 Å². The van der Waals surface area contributed by atoms with Crippen molar-refractivity contribution in [3.05, 3.63) is 22.3 Å². The molecule has 2 rings (SSSR count). The zero-order chi connectivity index (χ0) is 13.9. The Balaban J connectivity index is 2.04. The van der Waals surface area contributed by atoms with Crippen LogP contribution >= 0.6 is 15.9 Å². The van der Waals surface area contributed by atoms with Crippen LogP contribution in [0.25, 0.3) is 0 Å². The summed E-state index contributed by atoms with van der Waals surface area (Å²) in [4.78, 5) is 6.54. The van der Waals surface area contributed by atoms with Crippen molar-refractivity contribution < 1.29 is 9.84 Å². The molecule has 0 amide bonds. The van der Waals surface area contributed by atoms with Crippen LogP contribution in [0.2, 0.25) is 0 Å². The Kier molecular flexibility index (Phi) is 4.81. The molecule has 0 aliphatic carbocycles. The van der Waals surface area contributed by atoms with E-state index in [4.69, 9.17) is 4.74 Å². The van der Waals surface area contributed by atoms with Crippen LogP contribution in [0.1, 0.15) is 31.7 Å². The SMILES string of the molecule is COc1cc(CN2CCCC(C)(O)CC2)c(Br)cn1. The summed E-state index contributed by atoms with van der Waals surface area (Å²) in [6, 6.07) is 1.97. The second-order valence-electron chi connectivity index (χ2n) is 5.44. The third-order valence-electron chi connectivity index (χ3n) is 3.67. The van der Waals surface area contributed by atoms with E-state index in [2.05, 4.69) is 25.8 Å². The molecule has 1 aliphatic heterocycles. The van der Waals surface area contributed by atoms with Gasteiger partial charge in [-0.25, -0.2) is 4.98 Å². The standard InChI is InChI=1S/C14H21BrN2O2/c1-14(18)4-3-6-17(7-5-14)10-11-8-13(19-2)16-9-12(11)15/h8-9,18H,3-7,10H2,1-2H3. The lowest BCUT2D eigenvalue weighted by atomic mass is 9.98. The van der Waals surface area contributed by atoms with Crippen molar-refractivity contribution in [3.63, 3.8) is 0 Å². The van der Waals surface area contributed by atoms with Gasteiger partial charge in [-0.3, -0.25) is 4.90 Å². The Morgan fingerprint density at radius 2 is 2.26 bits per heavy atom. The van der Waals surface area contributed by atoms with E-state index in [-0.39, 0.29) is 0 Å². The summed E-state index contributed by atoms with van der Waals surface area (Å²) in [7, 11) is 1.63. The molecule has 1 unspecified atom stereocenters. The van der Waals surface area contributed by atoms with E-state index in [0.717, 1.165) is 43.4 Å². The predicted molar refractivity (Wildman–Crippen MR) is 78.2 cm³/mol. The molecule has 1 fully saturated rings. The molecule has 1 atom stereocenters. The molecule has 4 nitrogen and oxygen atoms in total. The molecule has 1 aromatic rings. The van der Waals surface area contributed by atoms with Gasteiger partial charge < -0.3 is 9.84 Å². The molecule has 1 saturated heterocycles. The lowest BCUT2D eigenvalue weighted by molar-refractivity contribution is 0.0444. The number of methoxy groups -OCH3 is 1. The molecule has 2 heterocycles. The van der Waals surface area contributed by atoms with Gasteiger partial charge in [-0.05, 0) is 54.2 Å². The first-order chi connectivity index (χ1) is 9.00. The maximum Gasteiger partial charge on any atom is 0.213 e. The summed E-state index contributed by atoms with van der Waals surface area (Å²) in [5.74, 6) is 0.639. The predicted octanol–water partition coefficient (Wildman–Crippen LogP) is 2.59. The van der Waals surface area contributed by atoms with Crippen LogP contribution in [0.3, 0.4) is 0 Å². The number of aliphatic hydroxyl groups is 1. The normalized spacial score (nSPS) is 25.1. The Morgan fingerprint density at radius 1 is 1.47 bits per heavy atom. The van der Waals surface area contributed by atoms with Crippen LogP contribution < -0.4 is 4.74 Å². The van der Waals surface area contributed by atoms with E-state index < -0.39 is 5.60 Å². The Hall–Kier alpha value is -0.650. The number of hydrogen-bond donors (Lipinski definition) is 1. The van der Waals surface area contributed by atoms with Crippen molar-refractivity contribution in [2.45, 2.75) is 38.3 Å². The van der Waals surface area contributed by atoms with Crippen LogP contribution in [0.5, 0.6) is 5.88 Å². The monoisotopic (exact) mass is 328 g/mol. The molecular formula is C14H21BrN2O2. The number of halogens is 1. The molecule has 19 heavy (non-hydrogen) atoms. The Morgan fingerprint density at radius 3 is 3.00 bits per heavy atom. The molecule has 1 aromatic heterocycles. The first-order valence-electron chi connectivity index (χ1n) is 6.63. The Labute approximate surface area is 122 Å². The van der Waals surface area contributed by atoms with Gasteiger partial charge in [0.05, 0.1) is 12.7 Å². The van der Waals surface area contributed by atoms with Gasteiger partial charge in [-0.15, -0.1) is 0 Å². The molecule has 0 spiro atoms. The number of nitrogens with zero attached hydrogens (tertiary/aromatic N) is 2. The quantitative estimate of drug-likeness (QED) is 0.926. The van der Waals surface area contributed by atoms with Crippen molar-refractivity contribution in [2.75, 3.05) is 20.2 Å². The highest BCUT2D eigenvalue weighted by molar-refractivity contribution is 9.10. The van der Waals surface area contributed by atoms with Gasteiger partial charge in [0.25, 0.3) is 0 Å². The van der Waals surface area contributed by atoms with Gasteiger partial charge in [0.15, 0.2) is 0 Å². The van der Waals surface area contributed by atoms with E-state index in [9.17, 15) is 5.11 Å². The second-order valence-corrected chi connectivity index (χ2v) is 6.30. The van der Waals surface area contributed by atoms with Crippen molar-refractivity contribution in [2.24, 2.45) is 0 Å². The van der Waals surface area contributed by atoms with Crippen molar-refractivity contribution in [3.8, 4) is 5.88 Å². The topological polar surface area (TPSA) is 45.6 Å².